The number of piperidine rings is 1. The maximum atomic E-state index is 12.3. The summed E-state index contributed by atoms with van der Waals surface area (Å²) in [6, 6.07) is 16.5. The summed E-state index contributed by atoms with van der Waals surface area (Å²) in [5, 5.41) is 11.2. The molecule has 3 aromatic rings. The van der Waals surface area contributed by atoms with Crippen molar-refractivity contribution in [1.29, 1.82) is 0 Å². The molecule has 1 fully saturated rings. The molecule has 160 valence electrons. The third-order valence-corrected chi connectivity index (χ3v) is 7.01. The predicted octanol–water partition coefficient (Wildman–Crippen LogP) is 4.71. The Morgan fingerprint density at radius 3 is 2.68 bits per heavy atom. The minimum atomic E-state index is -0.360. The molecule has 5 rings (SSSR count). The first-order chi connectivity index (χ1) is 15.2. The van der Waals surface area contributed by atoms with Gasteiger partial charge in [-0.1, -0.05) is 43.3 Å². The lowest BCUT2D eigenvalue weighted by molar-refractivity contribution is 0.0756. The summed E-state index contributed by atoms with van der Waals surface area (Å²) in [6.07, 6.45) is 6.53. The number of carbonyl (C=O) groups excluding carboxylic acids is 1. The van der Waals surface area contributed by atoms with Crippen LogP contribution >= 0.6 is 0 Å². The van der Waals surface area contributed by atoms with Crippen LogP contribution in [0, 0.1) is 5.92 Å². The van der Waals surface area contributed by atoms with Gasteiger partial charge in [-0.2, -0.15) is 0 Å². The van der Waals surface area contributed by atoms with Crippen LogP contribution in [0.25, 0.3) is 11.3 Å². The van der Waals surface area contributed by atoms with Gasteiger partial charge in [-0.25, -0.2) is 4.98 Å². The summed E-state index contributed by atoms with van der Waals surface area (Å²) in [5.74, 6) is 0.457. The highest BCUT2D eigenvalue weighted by atomic mass is 16.3. The number of anilines is 1. The van der Waals surface area contributed by atoms with Gasteiger partial charge in [-0.15, -0.1) is 0 Å². The quantitative estimate of drug-likeness (QED) is 0.592. The second-order valence-corrected chi connectivity index (χ2v) is 8.71. The molecule has 1 aromatic heterocycles. The highest BCUT2D eigenvalue weighted by molar-refractivity contribution is 6.01. The summed E-state index contributed by atoms with van der Waals surface area (Å²) >= 11 is 0. The van der Waals surface area contributed by atoms with Crippen LogP contribution in [0.15, 0.2) is 61.1 Å². The van der Waals surface area contributed by atoms with Crippen molar-refractivity contribution in [2.24, 2.45) is 5.92 Å². The van der Waals surface area contributed by atoms with Gasteiger partial charge in [0.1, 0.15) is 0 Å². The monoisotopic (exact) mass is 415 g/mol. The van der Waals surface area contributed by atoms with Crippen molar-refractivity contribution in [3.63, 3.8) is 0 Å². The molecule has 2 aliphatic rings. The van der Waals surface area contributed by atoms with Crippen LogP contribution in [0.4, 0.5) is 5.69 Å². The number of fused-ring (bicyclic) bond motifs is 3. The Morgan fingerprint density at radius 2 is 1.87 bits per heavy atom. The Bertz CT molecular complexity index is 1080. The zero-order chi connectivity index (χ0) is 21.4. The van der Waals surface area contributed by atoms with Gasteiger partial charge < -0.3 is 14.6 Å². The van der Waals surface area contributed by atoms with Gasteiger partial charge in [0.15, 0.2) is 5.78 Å². The van der Waals surface area contributed by atoms with Crippen LogP contribution in [0.5, 0.6) is 0 Å². The lowest BCUT2D eigenvalue weighted by Crippen LogP contribution is -2.39. The van der Waals surface area contributed by atoms with E-state index in [0.717, 1.165) is 42.9 Å². The number of imidazole rings is 1. The van der Waals surface area contributed by atoms with Crippen molar-refractivity contribution in [1.82, 2.24) is 9.55 Å². The number of rotatable bonds is 6. The molecule has 3 heterocycles. The lowest BCUT2D eigenvalue weighted by atomic mass is 9.86. The van der Waals surface area contributed by atoms with Crippen molar-refractivity contribution in [3.8, 4) is 11.3 Å². The van der Waals surface area contributed by atoms with Gasteiger partial charge in [0.2, 0.25) is 0 Å². The number of aliphatic hydroxyl groups is 1. The summed E-state index contributed by atoms with van der Waals surface area (Å²) in [7, 11) is 0. The average Bonchev–Trinajstić information content (AvgIpc) is 3.41. The minimum absolute atomic E-state index is 0.143. The number of benzene rings is 2. The van der Waals surface area contributed by atoms with E-state index >= 15 is 0 Å². The molecule has 2 atom stereocenters. The van der Waals surface area contributed by atoms with E-state index < -0.39 is 0 Å². The van der Waals surface area contributed by atoms with E-state index in [1.807, 2.05) is 37.6 Å². The number of nitrogens with zero attached hydrogens (tertiary/aromatic N) is 3. The highest BCUT2D eigenvalue weighted by Gasteiger charge is 2.33. The Hall–Kier alpha value is -2.92. The van der Waals surface area contributed by atoms with E-state index in [4.69, 9.17) is 0 Å². The number of ketones is 1. The van der Waals surface area contributed by atoms with E-state index in [-0.39, 0.29) is 23.8 Å². The smallest absolute Gasteiger partial charge is 0.164 e. The molecule has 1 saturated heterocycles. The van der Waals surface area contributed by atoms with Crippen LogP contribution < -0.4 is 4.90 Å². The van der Waals surface area contributed by atoms with E-state index in [9.17, 15) is 9.90 Å². The van der Waals surface area contributed by atoms with Gasteiger partial charge in [0.25, 0.3) is 0 Å². The first kappa shape index (κ1) is 20.0. The van der Waals surface area contributed by atoms with Gasteiger partial charge >= 0.3 is 0 Å². The van der Waals surface area contributed by atoms with Crippen molar-refractivity contribution in [3.05, 3.63) is 72.2 Å². The standard InChI is InChI=1S/C26H29N3O2/c1-2-25(30)21-9-5-6-10-22(21)28-13-11-18(12-14-28)26(31)15-23-19-7-3-4-8-20(19)24-16-27-17-29(23)24/h3-10,16-18,23,26,31H,2,11-15H2,1H3/t23-,26-/m0/s1. The summed E-state index contributed by atoms with van der Waals surface area (Å²) in [4.78, 5) is 19.0. The van der Waals surface area contributed by atoms with E-state index in [2.05, 4.69) is 44.8 Å². The SMILES string of the molecule is CCC(=O)c1ccccc1N1CCC([C@@H](O)C[C@H]2c3ccccc3-c3cncn32)CC1. The molecule has 2 aromatic carbocycles. The van der Waals surface area contributed by atoms with E-state index in [1.54, 1.807) is 0 Å². The van der Waals surface area contributed by atoms with E-state index in [0.29, 0.717) is 12.8 Å². The molecule has 0 aliphatic carbocycles. The zero-order valence-corrected chi connectivity index (χ0v) is 17.9. The fraction of sp³-hybridized carbons (Fsp3) is 0.385. The molecule has 5 nitrogen and oxygen atoms in total. The van der Waals surface area contributed by atoms with Gasteiger partial charge in [0, 0.05) is 36.3 Å². The molecule has 5 heteroatoms. The normalized spacial score (nSPS) is 19.2. The van der Waals surface area contributed by atoms with Crippen molar-refractivity contribution >= 4 is 11.5 Å². The van der Waals surface area contributed by atoms with Crippen LogP contribution in [0.2, 0.25) is 0 Å². The second kappa shape index (κ2) is 8.31. The fourth-order valence-electron chi connectivity index (χ4n) is 5.29. The third-order valence-electron chi connectivity index (χ3n) is 7.01. The minimum Gasteiger partial charge on any atom is -0.393 e. The number of hydrogen-bond acceptors (Lipinski definition) is 4. The molecule has 0 spiro atoms. The topological polar surface area (TPSA) is 58.4 Å². The van der Waals surface area contributed by atoms with Crippen LogP contribution in [-0.4, -0.2) is 39.6 Å². The first-order valence-electron chi connectivity index (χ1n) is 11.3. The number of hydrogen-bond donors (Lipinski definition) is 1. The van der Waals surface area contributed by atoms with Crippen molar-refractivity contribution in [2.75, 3.05) is 18.0 Å². The maximum absolute atomic E-state index is 12.3. The van der Waals surface area contributed by atoms with Crippen LogP contribution in [0.1, 0.15) is 54.6 Å². The molecule has 0 saturated carbocycles. The molecule has 31 heavy (non-hydrogen) atoms. The van der Waals surface area contributed by atoms with E-state index in [1.165, 1.54) is 11.1 Å². The Kier molecular flexibility index (Phi) is 5.36. The second-order valence-electron chi connectivity index (χ2n) is 8.71. The van der Waals surface area contributed by atoms with Gasteiger partial charge in [-0.05, 0) is 42.9 Å². The summed E-state index contributed by atoms with van der Waals surface area (Å²) < 4.78 is 2.20. The predicted molar refractivity (Wildman–Crippen MR) is 122 cm³/mol. The number of carbonyl (C=O) groups is 1. The zero-order valence-electron chi connectivity index (χ0n) is 17.9. The molecule has 2 aliphatic heterocycles. The average molecular weight is 416 g/mol. The van der Waals surface area contributed by atoms with Crippen LogP contribution in [0.3, 0.4) is 0 Å². The molecule has 0 radical (unpaired) electrons. The molecule has 0 amide bonds. The largest absolute Gasteiger partial charge is 0.393 e. The molecular formula is C26H29N3O2. The van der Waals surface area contributed by atoms with Crippen molar-refractivity contribution in [2.45, 2.75) is 44.8 Å². The number of Topliss-reactive ketones (excluding diaryl/α,β-unsaturated/α-hetero) is 1. The number of aliphatic hydroxyl groups excluding tert-OH is 1. The number of para-hydroxylation sites is 1. The summed E-state index contributed by atoms with van der Waals surface area (Å²) in [6.45, 7) is 3.65. The Morgan fingerprint density at radius 1 is 1.13 bits per heavy atom. The molecular weight excluding hydrogens is 386 g/mol. The molecule has 1 N–H and O–H groups in total. The van der Waals surface area contributed by atoms with Gasteiger partial charge in [-0.3, -0.25) is 4.79 Å². The Labute approximate surface area is 183 Å². The molecule has 0 unspecified atom stereocenters. The summed E-state index contributed by atoms with van der Waals surface area (Å²) in [5.41, 5.74) is 5.50. The van der Waals surface area contributed by atoms with Crippen molar-refractivity contribution < 1.29 is 9.90 Å². The third kappa shape index (κ3) is 3.57. The number of aromatic nitrogens is 2. The van der Waals surface area contributed by atoms with Gasteiger partial charge in [0.05, 0.1) is 30.4 Å². The van der Waals surface area contributed by atoms with Crippen LogP contribution in [-0.2, 0) is 0 Å². The fourth-order valence-corrected chi connectivity index (χ4v) is 5.29. The highest BCUT2D eigenvalue weighted by Crippen LogP contribution is 2.42. The Balaban J connectivity index is 1.27. The lowest BCUT2D eigenvalue weighted by Gasteiger charge is -2.37. The maximum Gasteiger partial charge on any atom is 0.164 e. The molecule has 0 bridgehead atoms. The first-order valence-corrected chi connectivity index (χ1v) is 11.3.